The average molecular weight is 326 g/mol. The van der Waals surface area contributed by atoms with Crippen molar-refractivity contribution in [1.82, 2.24) is 20.5 Å². The van der Waals surface area contributed by atoms with Crippen LogP contribution in [0.2, 0.25) is 0 Å². The molecule has 1 aliphatic heterocycles. The Hall–Kier alpha value is -1.47. The number of H-pyrrole nitrogens is 1. The summed E-state index contributed by atoms with van der Waals surface area (Å²) < 4.78 is 14.6. The average Bonchev–Trinajstić information content (AvgIpc) is 2.89. The number of halogens is 2. The maximum atomic E-state index is 13.8. The number of rotatable bonds is 2. The molecule has 7 heteroatoms. The predicted octanol–water partition coefficient (Wildman–Crippen LogP) is 1.78. The van der Waals surface area contributed by atoms with Gasteiger partial charge in [0.2, 0.25) is 5.95 Å². The highest BCUT2D eigenvalue weighted by Gasteiger charge is 2.16. The Labute approximate surface area is 118 Å². The summed E-state index contributed by atoms with van der Waals surface area (Å²) in [7, 11) is 0. The quantitative estimate of drug-likeness (QED) is 0.883. The molecule has 1 fully saturated rings. The van der Waals surface area contributed by atoms with Gasteiger partial charge in [-0.25, -0.2) is 4.39 Å². The van der Waals surface area contributed by atoms with E-state index in [1.807, 2.05) is 0 Å². The highest BCUT2D eigenvalue weighted by molar-refractivity contribution is 9.10. The van der Waals surface area contributed by atoms with Gasteiger partial charge in [0, 0.05) is 30.7 Å². The van der Waals surface area contributed by atoms with Crippen molar-refractivity contribution in [1.29, 1.82) is 0 Å². The molecule has 1 aromatic carbocycles. The lowest BCUT2D eigenvalue weighted by molar-refractivity contribution is 0.580. The van der Waals surface area contributed by atoms with E-state index >= 15 is 0 Å². The third-order valence-corrected chi connectivity index (χ3v) is 3.55. The number of nitrogens with one attached hydrogen (secondary N) is 2. The molecule has 2 aromatic rings. The summed E-state index contributed by atoms with van der Waals surface area (Å²) in [5, 5.41) is 10.2. The maximum Gasteiger partial charge on any atom is 0.245 e. The molecule has 0 spiro atoms. The zero-order valence-electron chi connectivity index (χ0n) is 10.2. The molecule has 0 unspecified atom stereocenters. The fraction of sp³-hybridized carbons (Fsp3) is 0.333. The lowest BCUT2D eigenvalue weighted by atomic mass is 10.2. The predicted molar refractivity (Wildman–Crippen MR) is 74.6 cm³/mol. The van der Waals surface area contributed by atoms with Crippen molar-refractivity contribution in [2.24, 2.45) is 0 Å². The minimum absolute atomic E-state index is 0.322. The van der Waals surface area contributed by atoms with Crippen molar-refractivity contribution < 1.29 is 4.39 Å². The van der Waals surface area contributed by atoms with E-state index in [1.54, 1.807) is 12.1 Å². The second kappa shape index (κ2) is 5.26. The number of hydrogen-bond acceptors (Lipinski definition) is 4. The van der Waals surface area contributed by atoms with E-state index in [9.17, 15) is 4.39 Å². The molecule has 0 bridgehead atoms. The largest absolute Gasteiger partial charge is 0.337 e. The molecule has 0 radical (unpaired) electrons. The highest BCUT2D eigenvalue weighted by Crippen LogP contribution is 2.24. The molecule has 2 heterocycles. The zero-order valence-corrected chi connectivity index (χ0v) is 11.7. The molecule has 0 amide bonds. The van der Waals surface area contributed by atoms with Gasteiger partial charge in [-0.15, -0.1) is 5.10 Å². The maximum absolute atomic E-state index is 13.8. The van der Waals surface area contributed by atoms with E-state index < -0.39 is 0 Å². The summed E-state index contributed by atoms with van der Waals surface area (Å²) in [5.74, 6) is 0.759. The SMILES string of the molecule is Fc1cc(Br)ccc1-c1nc(N2CCNCC2)n[nH]1. The van der Waals surface area contributed by atoms with Crippen molar-refractivity contribution in [3.05, 3.63) is 28.5 Å². The van der Waals surface area contributed by atoms with Crippen molar-refractivity contribution in [3.8, 4) is 11.4 Å². The fourth-order valence-corrected chi connectivity index (χ4v) is 2.39. The first-order valence-corrected chi connectivity index (χ1v) is 6.87. The van der Waals surface area contributed by atoms with Crippen LogP contribution in [0.3, 0.4) is 0 Å². The molecule has 3 rings (SSSR count). The third kappa shape index (κ3) is 2.62. The molecular formula is C12H13BrFN5. The Kier molecular flexibility index (Phi) is 3.48. The summed E-state index contributed by atoms with van der Waals surface area (Å²) in [5.41, 5.74) is 0.428. The molecule has 0 aliphatic carbocycles. The van der Waals surface area contributed by atoms with Crippen LogP contribution >= 0.6 is 15.9 Å². The molecule has 2 N–H and O–H groups in total. The van der Waals surface area contributed by atoms with Gasteiger partial charge < -0.3 is 10.2 Å². The summed E-state index contributed by atoms with van der Waals surface area (Å²) in [6, 6.07) is 4.88. The number of hydrogen-bond donors (Lipinski definition) is 2. The van der Waals surface area contributed by atoms with Crippen molar-refractivity contribution >= 4 is 21.9 Å². The Balaban J connectivity index is 1.87. The Morgan fingerprint density at radius 1 is 1.26 bits per heavy atom. The third-order valence-electron chi connectivity index (χ3n) is 3.06. The van der Waals surface area contributed by atoms with Crippen LogP contribution in [0.1, 0.15) is 0 Å². The van der Waals surface area contributed by atoms with Gasteiger partial charge >= 0.3 is 0 Å². The van der Waals surface area contributed by atoms with Crippen LogP contribution in [0.4, 0.5) is 10.3 Å². The first-order valence-electron chi connectivity index (χ1n) is 6.07. The monoisotopic (exact) mass is 325 g/mol. The van der Waals surface area contributed by atoms with Crippen molar-refractivity contribution in [2.75, 3.05) is 31.1 Å². The Bertz CT molecular complexity index is 579. The normalized spacial score (nSPS) is 15.8. The van der Waals surface area contributed by atoms with Crippen LogP contribution < -0.4 is 10.2 Å². The number of piperazine rings is 1. The molecule has 1 saturated heterocycles. The molecule has 19 heavy (non-hydrogen) atoms. The van der Waals surface area contributed by atoms with E-state index in [1.165, 1.54) is 6.07 Å². The van der Waals surface area contributed by atoms with E-state index in [0.29, 0.717) is 21.8 Å². The van der Waals surface area contributed by atoms with Crippen LogP contribution in [-0.2, 0) is 0 Å². The Morgan fingerprint density at radius 2 is 2.05 bits per heavy atom. The minimum Gasteiger partial charge on any atom is -0.337 e. The number of aromatic nitrogens is 3. The molecule has 100 valence electrons. The van der Waals surface area contributed by atoms with E-state index in [-0.39, 0.29) is 5.82 Å². The number of aromatic amines is 1. The summed E-state index contributed by atoms with van der Waals surface area (Å²) in [4.78, 5) is 6.45. The summed E-state index contributed by atoms with van der Waals surface area (Å²) in [6.45, 7) is 3.55. The summed E-state index contributed by atoms with van der Waals surface area (Å²) >= 11 is 3.24. The van der Waals surface area contributed by atoms with Crippen LogP contribution in [0, 0.1) is 5.82 Å². The zero-order chi connectivity index (χ0) is 13.2. The molecule has 0 atom stereocenters. The second-order valence-corrected chi connectivity index (χ2v) is 5.26. The van der Waals surface area contributed by atoms with Gasteiger partial charge in [-0.05, 0) is 18.2 Å². The smallest absolute Gasteiger partial charge is 0.245 e. The number of benzene rings is 1. The number of nitrogens with zero attached hydrogens (tertiary/aromatic N) is 3. The van der Waals surface area contributed by atoms with Gasteiger partial charge in [-0.1, -0.05) is 15.9 Å². The van der Waals surface area contributed by atoms with Gasteiger partial charge in [-0.2, -0.15) is 4.98 Å². The van der Waals surface area contributed by atoms with E-state index in [0.717, 1.165) is 26.2 Å². The topological polar surface area (TPSA) is 56.8 Å². The lowest BCUT2D eigenvalue weighted by Gasteiger charge is -2.25. The molecule has 0 saturated carbocycles. The van der Waals surface area contributed by atoms with Gasteiger partial charge in [0.25, 0.3) is 0 Å². The van der Waals surface area contributed by atoms with E-state index in [2.05, 4.69) is 41.3 Å². The summed E-state index contributed by atoms with van der Waals surface area (Å²) in [6.07, 6.45) is 0. The highest BCUT2D eigenvalue weighted by atomic mass is 79.9. The number of anilines is 1. The fourth-order valence-electron chi connectivity index (χ4n) is 2.06. The lowest BCUT2D eigenvalue weighted by Crippen LogP contribution is -2.44. The van der Waals surface area contributed by atoms with Crippen LogP contribution in [0.25, 0.3) is 11.4 Å². The second-order valence-electron chi connectivity index (χ2n) is 4.35. The van der Waals surface area contributed by atoms with Gasteiger partial charge in [0.1, 0.15) is 5.82 Å². The van der Waals surface area contributed by atoms with Gasteiger partial charge in [0.15, 0.2) is 5.82 Å². The van der Waals surface area contributed by atoms with Crippen molar-refractivity contribution in [2.45, 2.75) is 0 Å². The van der Waals surface area contributed by atoms with Gasteiger partial charge in [-0.3, -0.25) is 5.10 Å². The minimum atomic E-state index is -0.322. The van der Waals surface area contributed by atoms with Gasteiger partial charge in [0.05, 0.1) is 5.56 Å². The molecule has 1 aromatic heterocycles. The molecular weight excluding hydrogens is 313 g/mol. The molecule has 5 nitrogen and oxygen atoms in total. The van der Waals surface area contributed by atoms with Crippen LogP contribution in [0.15, 0.2) is 22.7 Å². The van der Waals surface area contributed by atoms with Crippen LogP contribution in [-0.4, -0.2) is 41.4 Å². The van der Waals surface area contributed by atoms with Crippen molar-refractivity contribution in [3.63, 3.8) is 0 Å². The van der Waals surface area contributed by atoms with Crippen LogP contribution in [0.5, 0.6) is 0 Å². The first kappa shape index (κ1) is 12.6. The molecule has 1 aliphatic rings. The standard InChI is InChI=1S/C12H13BrFN5/c13-8-1-2-9(10(14)7-8)11-16-12(18-17-11)19-5-3-15-4-6-19/h1-2,7,15H,3-6H2,(H,16,17,18). The first-order chi connectivity index (χ1) is 9.24. The van der Waals surface area contributed by atoms with E-state index in [4.69, 9.17) is 0 Å². The Morgan fingerprint density at radius 3 is 2.79 bits per heavy atom.